The maximum Gasteiger partial charge on any atom is 0.417 e. The largest absolute Gasteiger partial charge is 0.417 e. The van der Waals surface area contributed by atoms with E-state index in [1.54, 1.807) is 0 Å². The molecule has 2 unspecified atom stereocenters. The molecule has 1 heterocycles. The van der Waals surface area contributed by atoms with Crippen LogP contribution in [0.1, 0.15) is 18.1 Å². The van der Waals surface area contributed by atoms with E-state index in [1.807, 2.05) is 0 Å². The predicted molar refractivity (Wildman–Crippen MR) is 60.9 cm³/mol. The molecule has 0 bridgehead atoms. The first-order chi connectivity index (χ1) is 9.91. The van der Waals surface area contributed by atoms with E-state index < -0.39 is 47.6 Å². The van der Waals surface area contributed by atoms with Crippen molar-refractivity contribution >= 4 is 11.8 Å². The summed E-state index contributed by atoms with van der Waals surface area (Å²) in [6.45, 7) is 1.23. The van der Waals surface area contributed by atoms with Crippen LogP contribution in [0.15, 0.2) is 18.2 Å². The molecule has 0 radical (unpaired) electrons. The maximum atomic E-state index is 12.7. The third-order valence-electron chi connectivity index (χ3n) is 3.09. The van der Waals surface area contributed by atoms with Crippen molar-refractivity contribution in [3.63, 3.8) is 0 Å². The summed E-state index contributed by atoms with van der Waals surface area (Å²) < 4.78 is 80.8. The average Bonchev–Trinajstić information content (AvgIpc) is 2.60. The highest BCUT2D eigenvalue weighted by molar-refractivity contribution is 5.90. The maximum absolute atomic E-state index is 12.7. The fourth-order valence-corrected chi connectivity index (χ4v) is 1.97. The standard InChI is InChI=1S/C12H9F6NO3/c1-5-9(20)22-10(21)19(5)8-3-6(11(13,14)15)2-7(4-8)12(16,17)18/h2-5,9,20H,1H3. The Kier molecular flexibility index (Phi) is 3.76. The Balaban J connectivity index is 2.59. The monoisotopic (exact) mass is 329 g/mol. The van der Waals surface area contributed by atoms with Gasteiger partial charge in [0.15, 0.2) is 0 Å². The Bertz CT molecular complexity index is 565. The lowest BCUT2D eigenvalue weighted by Crippen LogP contribution is -2.34. The number of carbonyl (C=O) groups is 1. The normalized spacial score (nSPS) is 22.9. The first-order valence-electron chi connectivity index (χ1n) is 5.88. The zero-order valence-electron chi connectivity index (χ0n) is 10.9. The molecule has 4 nitrogen and oxygen atoms in total. The molecule has 0 aromatic heterocycles. The molecule has 1 amide bonds. The Morgan fingerprint density at radius 1 is 1.05 bits per heavy atom. The van der Waals surface area contributed by atoms with Crippen LogP contribution in [0.5, 0.6) is 0 Å². The Morgan fingerprint density at radius 2 is 1.50 bits per heavy atom. The van der Waals surface area contributed by atoms with Crippen molar-refractivity contribution in [2.75, 3.05) is 4.90 Å². The zero-order chi connectivity index (χ0) is 16.9. The lowest BCUT2D eigenvalue weighted by molar-refractivity contribution is -0.143. The zero-order valence-corrected chi connectivity index (χ0v) is 10.9. The van der Waals surface area contributed by atoms with Crippen molar-refractivity contribution in [2.45, 2.75) is 31.6 Å². The van der Waals surface area contributed by atoms with Gasteiger partial charge < -0.3 is 9.84 Å². The third kappa shape index (κ3) is 2.96. The number of aliphatic hydroxyl groups is 1. The summed E-state index contributed by atoms with van der Waals surface area (Å²) in [5.41, 5.74) is -3.77. The van der Waals surface area contributed by atoms with Gasteiger partial charge in [-0.2, -0.15) is 26.3 Å². The summed E-state index contributed by atoms with van der Waals surface area (Å²) in [7, 11) is 0. The number of nitrogens with zero attached hydrogens (tertiary/aromatic N) is 1. The lowest BCUT2D eigenvalue weighted by Gasteiger charge is -2.22. The molecule has 0 saturated carbocycles. The van der Waals surface area contributed by atoms with Crippen LogP contribution in [0.3, 0.4) is 0 Å². The Labute approximate surface area is 119 Å². The molecule has 1 aromatic carbocycles. The first kappa shape index (κ1) is 16.4. The van der Waals surface area contributed by atoms with Gasteiger partial charge in [-0.3, -0.25) is 4.90 Å². The number of hydrogen-bond donors (Lipinski definition) is 1. The number of ether oxygens (including phenoxy) is 1. The SMILES string of the molecule is CC1C(O)OC(=O)N1c1cc(C(F)(F)F)cc(C(F)(F)F)c1. The van der Waals surface area contributed by atoms with Gasteiger partial charge >= 0.3 is 18.4 Å². The van der Waals surface area contributed by atoms with Crippen LogP contribution in [0.25, 0.3) is 0 Å². The van der Waals surface area contributed by atoms with Crippen LogP contribution in [0.4, 0.5) is 36.8 Å². The van der Waals surface area contributed by atoms with Crippen molar-refractivity contribution < 1.29 is 41.0 Å². The number of benzene rings is 1. The quantitative estimate of drug-likeness (QED) is 0.804. The van der Waals surface area contributed by atoms with Gasteiger partial charge in [-0.25, -0.2) is 4.79 Å². The van der Waals surface area contributed by atoms with E-state index in [2.05, 4.69) is 4.74 Å². The van der Waals surface area contributed by atoms with Gasteiger partial charge in [0, 0.05) is 5.69 Å². The summed E-state index contributed by atoms with van der Waals surface area (Å²) >= 11 is 0. The number of anilines is 1. The predicted octanol–water partition coefficient (Wildman–Crippen LogP) is 3.39. The van der Waals surface area contributed by atoms with Gasteiger partial charge in [0.25, 0.3) is 0 Å². The van der Waals surface area contributed by atoms with Gasteiger partial charge in [0.05, 0.1) is 17.2 Å². The molecule has 2 rings (SSSR count). The third-order valence-corrected chi connectivity index (χ3v) is 3.09. The van der Waals surface area contributed by atoms with Gasteiger partial charge in [-0.05, 0) is 25.1 Å². The highest BCUT2D eigenvalue weighted by atomic mass is 19.4. The highest BCUT2D eigenvalue weighted by Crippen LogP contribution is 2.39. The van der Waals surface area contributed by atoms with E-state index in [9.17, 15) is 36.2 Å². The van der Waals surface area contributed by atoms with E-state index in [1.165, 1.54) is 6.92 Å². The fraction of sp³-hybridized carbons (Fsp3) is 0.417. The van der Waals surface area contributed by atoms with E-state index in [4.69, 9.17) is 0 Å². The molecule has 0 spiro atoms. The summed E-state index contributed by atoms with van der Waals surface area (Å²) in [4.78, 5) is 12.0. The molecule has 1 fully saturated rings. The van der Waals surface area contributed by atoms with Crippen molar-refractivity contribution in [2.24, 2.45) is 0 Å². The smallest absolute Gasteiger partial charge is 0.417 e. The number of halogens is 6. The summed E-state index contributed by atoms with van der Waals surface area (Å²) in [6, 6.07) is -0.390. The van der Waals surface area contributed by atoms with E-state index >= 15 is 0 Å². The number of rotatable bonds is 1. The second kappa shape index (κ2) is 5.04. The molecule has 22 heavy (non-hydrogen) atoms. The van der Waals surface area contributed by atoms with Crippen molar-refractivity contribution in [3.8, 4) is 0 Å². The van der Waals surface area contributed by atoms with Crippen LogP contribution in [-0.4, -0.2) is 23.5 Å². The molecule has 1 aliphatic heterocycles. The number of hydrogen-bond acceptors (Lipinski definition) is 3. The van der Waals surface area contributed by atoms with Crippen LogP contribution in [0, 0.1) is 0 Å². The lowest BCUT2D eigenvalue weighted by atomic mass is 10.1. The minimum absolute atomic E-state index is 0.0496. The molecule has 1 aliphatic rings. The Hall–Kier alpha value is -1.97. The summed E-state index contributed by atoms with van der Waals surface area (Å²) in [5, 5.41) is 9.33. The number of carbonyl (C=O) groups excluding carboxylic acids is 1. The highest BCUT2D eigenvalue weighted by Gasteiger charge is 2.42. The molecule has 1 aromatic rings. The van der Waals surface area contributed by atoms with E-state index in [0.29, 0.717) is 17.0 Å². The molecule has 1 saturated heterocycles. The number of cyclic esters (lactones) is 1. The average molecular weight is 329 g/mol. The molecule has 122 valence electrons. The van der Waals surface area contributed by atoms with Gasteiger partial charge in [-0.1, -0.05) is 0 Å². The van der Waals surface area contributed by atoms with Crippen molar-refractivity contribution in [3.05, 3.63) is 29.3 Å². The van der Waals surface area contributed by atoms with Crippen LogP contribution >= 0.6 is 0 Å². The van der Waals surface area contributed by atoms with Crippen molar-refractivity contribution in [1.82, 2.24) is 0 Å². The number of aliphatic hydroxyl groups excluding tert-OH is 1. The summed E-state index contributed by atoms with van der Waals surface area (Å²) in [5.74, 6) is 0. The van der Waals surface area contributed by atoms with Crippen LogP contribution in [-0.2, 0) is 17.1 Å². The second-order valence-electron chi connectivity index (χ2n) is 4.65. The van der Waals surface area contributed by atoms with E-state index in [0.717, 1.165) is 0 Å². The molecule has 2 atom stereocenters. The molecule has 10 heteroatoms. The summed E-state index contributed by atoms with van der Waals surface area (Å²) in [6.07, 6.45) is -12.9. The molecule has 1 N–H and O–H groups in total. The molecule has 0 aliphatic carbocycles. The van der Waals surface area contributed by atoms with E-state index in [-0.39, 0.29) is 6.07 Å². The Morgan fingerprint density at radius 3 is 1.82 bits per heavy atom. The topological polar surface area (TPSA) is 49.8 Å². The number of amides is 1. The van der Waals surface area contributed by atoms with Crippen LogP contribution in [0.2, 0.25) is 0 Å². The minimum atomic E-state index is -5.03. The minimum Gasteiger partial charge on any atom is -0.417 e. The molecular formula is C12H9F6NO3. The van der Waals surface area contributed by atoms with Gasteiger partial charge in [-0.15, -0.1) is 0 Å². The first-order valence-corrected chi connectivity index (χ1v) is 5.88. The number of alkyl halides is 6. The fourth-order valence-electron chi connectivity index (χ4n) is 1.97. The van der Waals surface area contributed by atoms with Crippen LogP contribution < -0.4 is 4.90 Å². The van der Waals surface area contributed by atoms with Crippen molar-refractivity contribution in [1.29, 1.82) is 0 Å². The second-order valence-corrected chi connectivity index (χ2v) is 4.65. The molecular weight excluding hydrogens is 320 g/mol. The van der Waals surface area contributed by atoms with Gasteiger partial charge in [0.1, 0.15) is 0 Å². The van der Waals surface area contributed by atoms with Gasteiger partial charge in [0.2, 0.25) is 6.29 Å².